The van der Waals surface area contributed by atoms with E-state index in [2.05, 4.69) is 27.7 Å². The molecule has 2 saturated carbocycles. The van der Waals surface area contributed by atoms with E-state index in [0.717, 1.165) is 35.5 Å². The molecule has 6 unspecified atom stereocenters. The molecule has 0 radical (unpaired) electrons. The van der Waals surface area contributed by atoms with Crippen molar-refractivity contribution in [2.75, 3.05) is 0 Å². The smallest absolute Gasteiger partial charge is 0.0349 e. The van der Waals surface area contributed by atoms with Crippen LogP contribution in [0.2, 0.25) is 0 Å². The van der Waals surface area contributed by atoms with Crippen LogP contribution < -0.4 is 0 Å². The fraction of sp³-hybridized carbons (Fsp3) is 1.00. The Kier molecular flexibility index (Phi) is 18.7. The third-order valence-corrected chi connectivity index (χ3v) is 10.8. The van der Waals surface area contributed by atoms with E-state index in [0.29, 0.717) is 0 Å². The normalized spacial score (nSPS) is 26.2. The van der Waals surface area contributed by atoms with Crippen molar-refractivity contribution in [2.45, 2.75) is 195 Å². The molecule has 2 rings (SSSR count). The lowest BCUT2D eigenvalue weighted by molar-refractivity contribution is 0.118. The van der Waals surface area contributed by atoms with Gasteiger partial charge in [0.1, 0.15) is 0 Å². The van der Waals surface area contributed by atoms with Crippen LogP contribution in [0.5, 0.6) is 0 Å². The second-order valence-corrected chi connectivity index (χ2v) is 13.7. The lowest BCUT2D eigenvalue weighted by Gasteiger charge is -2.37. The summed E-state index contributed by atoms with van der Waals surface area (Å²) in [4.78, 5) is 0. The molecule has 2 aliphatic carbocycles. The first-order valence-electron chi connectivity index (χ1n) is 17.7. The van der Waals surface area contributed by atoms with E-state index >= 15 is 0 Å². The number of unbranched alkanes of at least 4 members (excludes halogenated alkanes) is 20. The lowest BCUT2D eigenvalue weighted by atomic mass is 9.68. The van der Waals surface area contributed by atoms with E-state index in [4.69, 9.17) is 0 Å². The molecule has 2 fully saturated rings. The lowest BCUT2D eigenvalue weighted by Crippen LogP contribution is -2.30. The van der Waals surface area contributed by atoms with Crippen LogP contribution in [0.1, 0.15) is 195 Å². The van der Waals surface area contributed by atoms with Crippen LogP contribution in [0.4, 0.5) is 0 Å². The molecule has 0 aromatic rings. The van der Waals surface area contributed by atoms with Crippen LogP contribution >= 0.6 is 0 Å². The molecule has 6 atom stereocenters. The molecule has 0 aliphatic heterocycles. The summed E-state index contributed by atoms with van der Waals surface area (Å²) in [6, 6.07) is 0. The molecule has 0 saturated heterocycles. The summed E-state index contributed by atoms with van der Waals surface area (Å²) in [6.45, 7) is 9.88. The summed E-state index contributed by atoms with van der Waals surface area (Å²) in [5.41, 5.74) is 0. The van der Waals surface area contributed by atoms with E-state index in [1.54, 1.807) is 19.3 Å². The Morgan fingerprint density at radius 1 is 0.528 bits per heavy atom. The molecule has 214 valence electrons. The van der Waals surface area contributed by atoms with Gasteiger partial charge in [0.05, 0.1) is 0 Å². The maximum atomic E-state index is 2.62. The fourth-order valence-electron chi connectivity index (χ4n) is 8.33. The van der Waals surface area contributed by atoms with Crippen molar-refractivity contribution < 1.29 is 0 Å². The van der Waals surface area contributed by atoms with Crippen molar-refractivity contribution in [1.29, 1.82) is 0 Å². The van der Waals surface area contributed by atoms with Crippen molar-refractivity contribution in [3.63, 3.8) is 0 Å². The van der Waals surface area contributed by atoms with Crippen LogP contribution in [-0.4, -0.2) is 0 Å². The van der Waals surface area contributed by atoms with E-state index in [1.807, 2.05) is 0 Å². The van der Waals surface area contributed by atoms with Crippen molar-refractivity contribution in [3.05, 3.63) is 0 Å². The van der Waals surface area contributed by atoms with E-state index in [9.17, 15) is 0 Å². The van der Waals surface area contributed by atoms with Gasteiger partial charge in [0, 0.05) is 0 Å². The maximum Gasteiger partial charge on any atom is -0.0349 e. The monoisotopic (exact) mass is 503 g/mol. The minimum absolute atomic E-state index is 0.993. The second-order valence-electron chi connectivity index (χ2n) is 13.7. The van der Waals surface area contributed by atoms with Gasteiger partial charge in [0.2, 0.25) is 0 Å². The van der Waals surface area contributed by atoms with Crippen molar-refractivity contribution in [1.82, 2.24) is 0 Å². The first kappa shape index (κ1) is 32.2. The zero-order valence-corrected chi connectivity index (χ0v) is 25.8. The third-order valence-electron chi connectivity index (χ3n) is 10.8. The summed E-state index contributed by atoms with van der Waals surface area (Å²) < 4.78 is 0. The number of hydrogen-bond acceptors (Lipinski definition) is 0. The quantitative estimate of drug-likeness (QED) is 0.109. The molecule has 0 N–H and O–H groups in total. The van der Waals surface area contributed by atoms with Crippen LogP contribution in [0.15, 0.2) is 0 Å². The molecule has 0 heterocycles. The Morgan fingerprint density at radius 3 is 1.39 bits per heavy atom. The van der Waals surface area contributed by atoms with E-state index < -0.39 is 0 Å². The summed E-state index contributed by atoms with van der Waals surface area (Å²) in [7, 11) is 0. The largest absolute Gasteiger partial charge is 0.0654 e. The average Bonchev–Trinajstić information content (AvgIpc) is 3.44. The van der Waals surface area contributed by atoms with Gasteiger partial charge in [-0.15, -0.1) is 0 Å². The standard InChI is InChI=1S/C36H70/c1-5-7-9-10-11-12-13-14-15-16-17-18-19-20-21-22-23-24-26-27-31(3)35-29-33-30-36(35)34(32(33)4)28-25-8-6-2/h31-36H,5-30H2,1-4H3. The van der Waals surface area contributed by atoms with Gasteiger partial charge in [0.25, 0.3) is 0 Å². The van der Waals surface area contributed by atoms with Gasteiger partial charge in [-0.3, -0.25) is 0 Å². The van der Waals surface area contributed by atoms with E-state index in [1.165, 1.54) is 148 Å². The molecular formula is C36H70. The van der Waals surface area contributed by atoms with E-state index in [-0.39, 0.29) is 0 Å². The van der Waals surface area contributed by atoms with Gasteiger partial charge in [-0.2, -0.15) is 0 Å². The highest BCUT2D eigenvalue weighted by Crippen LogP contribution is 2.58. The molecular weight excluding hydrogens is 432 g/mol. The van der Waals surface area contributed by atoms with Crippen LogP contribution in [0.25, 0.3) is 0 Å². The van der Waals surface area contributed by atoms with Crippen molar-refractivity contribution in [3.8, 4) is 0 Å². The summed E-state index contributed by atoms with van der Waals surface area (Å²) in [5, 5.41) is 0. The Balaban J connectivity index is 1.34. The zero-order valence-electron chi connectivity index (χ0n) is 25.8. The van der Waals surface area contributed by atoms with Crippen LogP contribution in [-0.2, 0) is 0 Å². The first-order chi connectivity index (χ1) is 17.7. The average molecular weight is 503 g/mol. The number of rotatable bonds is 25. The number of fused-ring (bicyclic) bond motifs is 2. The van der Waals surface area contributed by atoms with Gasteiger partial charge in [0.15, 0.2) is 0 Å². The predicted octanol–water partition coefficient (Wildman–Crippen LogP) is 12.9. The van der Waals surface area contributed by atoms with Gasteiger partial charge < -0.3 is 0 Å². The molecule has 0 amide bonds. The molecule has 2 bridgehead atoms. The summed E-state index contributed by atoms with van der Waals surface area (Å²) >= 11 is 0. The minimum atomic E-state index is 0.993. The Hall–Kier alpha value is 0. The molecule has 0 heteroatoms. The van der Waals surface area contributed by atoms with Crippen molar-refractivity contribution in [2.24, 2.45) is 35.5 Å². The minimum Gasteiger partial charge on any atom is -0.0654 e. The van der Waals surface area contributed by atoms with Gasteiger partial charge in [-0.05, 0) is 54.8 Å². The first-order valence-corrected chi connectivity index (χ1v) is 17.7. The van der Waals surface area contributed by atoms with Crippen molar-refractivity contribution >= 4 is 0 Å². The van der Waals surface area contributed by atoms with Crippen LogP contribution in [0.3, 0.4) is 0 Å². The predicted molar refractivity (Wildman–Crippen MR) is 164 cm³/mol. The molecule has 0 nitrogen and oxygen atoms in total. The Bertz CT molecular complexity index is 480. The second kappa shape index (κ2) is 20.9. The number of hydrogen-bond donors (Lipinski definition) is 0. The molecule has 0 aromatic carbocycles. The Morgan fingerprint density at radius 2 is 0.944 bits per heavy atom. The molecule has 0 aromatic heterocycles. The topological polar surface area (TPSA) is 0 Å². The fourth-order valence-corrected chi connectivity index (χ4v) is 8.33. The molecule has 0 spiro atoms. The maximum absolute atomic E-state index is 2.62. The molecule has 36 heavy (non-hydrogen) atoms. The highest BCUT2D eigenvalue weighted by Gasteiger charge is 2.51. The SMILES string of the molecule is CCCCCCCCCCCCCCCCCCCCCC(C)C1CC2CC1C(CCCCC)C2C. The van der Waals surface area contributed by atoms with Gasteiger partial charge >= 0.3 is 0 Å². The summed E-state index contributed by atoms with van der Waals surface area (Å²) in [5.74, 6) is 6.36. The summed E-state index contributed by atoms with van der Waals surface area (Å²) in [6.07, 6.45) is 38.8. The zero-order chi connectivity index (χ0) is 25.8. The van der Waals surface area contributed by atoms with Gasteiger partial charge in [-0.1, -0.05) is 175 Å². The Labute approximate surface area is 230 Å². The highest BCUT2D eigenvalue weighted by molar-refractivity contribution is 5.00. The van der Waals surface area contributed by atoms with Gasteiger partial charge in [-0.25, -0.2) is 0 Å². The molecule has 2 aliphatic rings. The third kappa shape index (κ3) is 12.7. The highest BCUT2D eigenvalue weighted by atomic mass is 14.6. The van der Waals surface area contributed by atoms with Crippen LogP contribution in [0, 0.1) is 35.5 Å².